The van der Waals surface area contributed by atoms with Crippen LogP contribution < -0.4 is 11.1 Å². The molecule has 0 atom stereocenters. The summed E-state index contributed by atoms with van der Waals surface area (Å²) in [6.45, 7) is 2.27. The number of rotatable bonds is 5. The average molecular weight is 273 g/mol. The van der Waals surface area contributed by atoms with E-state index in [4.69, 9.17) is 5.73 Å². The van der Waals surface area contributed by atoms with Crippen LogP contribution in [0.2, 0.25) is 0 Å². The van der Waals surface area contributed by atoms with Gasteiger partial charge in [0.15, 0.2) is 5.96 Å². The van der Waals surface area contributed by atoms with Gasteiger partial charge in [0.1, 0.15) is 0 Å². The minimum atomic E-state index is -4.09. The molecule has 0 radical (unpaired) electrons. The first-order chi connectivity index (χ1) is 8.87. The highest BCUT2D eigenvalue weighted by molar-refractivity contribution is 5.92. The Balaban J connectivity index is 2.27. The highest BCUT2D eigenvalue weighted by atomic mass is 19.4. The molecule has 19 heavy (non-hydrogen) atoms. The number of aryl methyl sites for hydroxylation is 1. The predicted octanol–water partition coefficient (Wildman–Crippen LogP) is 3.45. The fraction of sp³-hybridized carbons (Fsp3) is 0.462. The number of nitrogens with one attached hydrogen (secondary N) is 1. The van der Waals surface area contributed by atoms with Gasteiger partial charge in [-0.15, -0.1) is 0 Å². The molecule has 0 saturated carbocycles. The lowest BCUT2D eigenvalue weighted by molar-refractivity contribution is -0.135. The van der Waals surface area contributed by atoms with Crippen molar-refractivity contribution < 1.29 is 13.2 Å². The molecule has 0 aliphatic heterocycles. The van der Waals surface area contributed by atoms with Crippen molar-refractivity contribution in [1.29, 1.82) is 0 Å². The van der Waals surface area contributed by atoms with E-state index in [1.54, 1.807) is 0 Å². The Kier molecular flexibility index (Phi) is 5.66. The number of guanidine groups is 1. The van der Waals surface area contributed by atoms with E-state index in [1.807, 2.05) is 31.2 Å². The van der Waals surface area contributed by atoms with Crippen molar-refractivity contribution in [2.45, 2.75) is 32.4 Å². The minimum Gasteiger partial charge on any atom is -0.370 e. The van der Waals surface area contributed by atoms with Crippen LogP contribution in [0.3, 0.4) is 0 Å². The number of hydrogen-bond donors (Lipinski definition) is 2. The summed E-state index contributed by atoms with van der Waals surface area (Å²) in [6, 6.07) is 7.58. The molecule has 1 rings (SSSR count). The van der Waals surface area contributed by atoms with Gasteiger partial charge in [-0.3, -0.25) is 4.99 Å². The highest BCUT2D eigenvalue weighted by Crippen LogP contribution is 2.21. The quantitative estimate of drug-likeness (QED) is 0.490. The third kappa shape index (κ3) is 7.33. The lowest BCUT2D eigenvalue weighted by atomic mass is 10.2. The van der Waals surface area contributed by atoms with Crippen molar-refractivity contribution in [1.82, 2.24) is 0 Å². The molecule has 6 heteroatoms. The van der Waals surface area contributed by atoms with Crippen LogP contribution in [-0.4, -0.2) is 18.7 Å². The van der Waals surface area contributed by atoms with Crippen LogP contribution >= 0.6 is 0 Å². The molecule has 0 bridgehead atoms. The van der Waals surface area contributed by atoms with Gasteiger partial charge in [0.25, 0.3) is 0 Å². The highest BCUT2D eigenvalue weighted by Gasteiger charge is 2.25. The van der Waals surface area contributed by atoms with E-state index < -0.39 is 12.6 Å². The molecule has 0 unspecified atom stereocenters. The zero-order valence-electron chi connectivity index (χ0n) is 10.8. The second-order valence-corrected chi connectivity index (χ2v) is 4.33. The smallest absolute Gasteiger partial charge is 0.370 e. The van der Waals surface area contributed by atoms with E-state index in [0.29, 0.717) is 13.0 Å². The summed E-state index contributed by atoms with van der Waals surface area (Å²) in [7, 11) is 0. The topological polar surface area (TPSA) is 50.4 Å². The van der Waals surface area contributed by atoms with Gasteiger partial charge in [-0.1, -0.05) is 17.7 Å². The number of anilines is 1. The van der Waals surface area contributed by atoms with Crippen LogP contribution in [0.5, 0.6) is 0 Å². The van der Waals surface area contributed by atoms with Crippen LogP contribution in [0, 0.1) is 6.92 Å². The fourth-order valence-corrected chi connectivity index (χ4v) is 1.46. The number of hydrogen-bond acceptors (Lipinski definition) is 1. The molecular weight excluding hydrogens is 255 g/mol. The fourth-order valence-electron chi connectivity index (χ4n) is 1.46. The maximum absolute atomic E-state index is 11.9. The van der Waals surface area contributed by atoms with Crippen molar-refractivity contribution in [2.24, 2.45) is 10.7 Å². The van der Waals surface area contributed by atoms with Crippen LogP contribution in [0.25, 0.3) is 0 Å². The van der Waals surface area contributed by atoms with Gasteiger partial charge in [0, 0.05) is 18.7 Å². The molecule has 1 aromatic carbocycles. The van der Waals surface area contributed by atoms with Gasteiger partial charge in [-0.2, -0.15) is 13.2 Å². The van der Waals surface area contributed by atoms with Crippen molar-refractivity contribution in [3.8, 4) is 0 Å². The first-order valence-electron chi connectivity index (χ1n) is 6.07. The number of alkyl halides is 3. The Hall–Kier alpha value is -1.72. The van der Waals surface area contributed by atoms with E-state index in [-0.39, 0.29) is 12.4 Å². The number of nitrogens with zero attached hydrogens (tertiary/aromatic N) is 1. The molecule has 0 aromatic heterocycles. The monoisotopic (exact) mass is 273 g/mol. The van der Waals surface area contributed by atoms with Gasteiger partial charge in [-0.25, -0.2) is 0 Å². The molecule has 1 aromatic rings. The van der Waals surface area contributed by atoms with Crippen LogP contribution in [-0.2, 0) is 0 Å². The Bertz CT molecular complexity index is 410. The normalized spacial score (nSPS) is 12.5. The lowest BCUT2D eigenvalue weighted by Gasteiger charge is -2.06. The average Bonchev–Trinajstić information content (AvgIpc) is 2.30. The number of nitrogens with two attached hydrogens (primary N) is 1. The Morgan fingerprint density at radius 3 is 2.42 bits per heavy atom. The van der Waals surface area contributed by atoms with E-state index in [2.05, 4.69) is 10.3 Å². The summed E-state index contributed by atoms with van der Waals surface area (Å²) < 4.78 is 35.7. The van der Waals surface area contributed by atoms with Crippen LogP contribution in [0.1, 0.15) is 24.8 Å². The predicted molar refractivity (Wildman–Crippen MR) is 71.2 cm³/mol. The summed E-state index contributed by atoms with van der Waals surface area (Å²) >= 11 is 0. The Morgan fingerprint density at radius 2 is 1.84 bits per heavy atom. The molecule has 106 valence electrons. The van der Waals surface area contributed by atoms with E-state index in [9.17, 15) is 13.2 Å². The lowest BCUT2D eigenvalue weighted by Crippen LogP contribution is -2.22. The molecule has 0 fully saturated rings. The number of aliphatic imine (C=N–C) groups is 1. The molecule has 0 heterocycles. The number of unbranched alkanes of at least 4 members (excludes halogenated alkanes) is 1. The maximum Gasteiger partial charge on any atom is 0.389 e. The first kappa shape index (κ1) is 15.3. The molecule has 0 spiro atoms. The second kappa shape index (κ2) is 7.01. The van der Waals surface area contributed by atoms with Crippen molar-refractivity contribution >= 4 is 11.6 Å². The minimum absolute atomic E-state index is 0.0742. The Labute approximate surface area is 110 Å². The molecule has 3 N–H and O–H groups in total. The maximum atomic E-state index is 11.9. The zero-order chi connectivity index (χ0) is 14.3. The van der Waals surface area contributed by atoms with Crippen molar-refractivity contribution in [3.63, 3.8) is 0 Å². The van der Waals surface area contributed by atoms with Gasteiger partial charge in [-0.05, 0) is 31.9 Å². The number of halogens is 3. The summed E-state index contributed by atoms with van der Waals surface area (Å²) in [5.74, 6) is 0.218. The molecule has 3 nitrogen and oxygen atoms in total. The third-order valence-electron chi connectivity index (χ3n) is 2.47. The second-order valence-electron chi connectivity index (χ2n) is 4.33. The van der Waals surface area contributed by atoms with Crippen LogP contribution in [0.4, 0.5) is 18.9 Å². The summed E-state index contributed by atoms with van der Waals surface area (Å²) in [5, 5.41) is 2.88. The van der Waals surface area contributed by atoms with E-state index in [0.717, 1.165) is 11.3 Å². The molecule has 0 aliphatic rings. The van der Waals surface area contributed by atoms with Gasteiger partial charge in [0.2, 0.25) is 0 Å². The first-order valence-corrected chi connectivity index (χ1v) is 6.07. The number of benzene rings is 1. The van der Waals surface area contributed by atoms with Crippen LogP contribution in [0.15, 0.2) is 29.3 Å². The van der Waals surface area contributed by atoms with Crippen molar-refractivity contribution in [3.05, 3.63) is 29.8 Å². The van der Waals surface area contributed by atoms with Crippen molar-refractivity contribution in [2.75, 3.05) is 11.9 Å². The molecular formula is C13H18F3N3. The summed E-state index contributed by atoms with van der Waals surface area (Å²) in [6.07, 6.45) is -4.41. The standard InChI is InChI=1S/C13H18F3N3/c1-10-4-6-11(7-5-10)19-12(17)18-9-3-2-8-13(14,15)16/h4-7H,2-3,8-9H2,1H3,(H3,17,18,19). The molecule has 0 amide bonds. The van der Waals surface area contributed by atoms with Gasteiger partial charge < -0.3 is 11.1 Å². The van der Waals surface area contributed by atoms with E-state index in [1.165, 1.54) is 0 Å². The zero-order valence-corrected chi connectivity index (χ0v) is 10.8. The summed E-state index contributed by atoms with van der Waals surface area (Å²) in [5.41, 5.74) is 7.57. The summed E-state index contributed by atoms with van der Waals surface area (Å²) in [4.78, 5) is 3.98. The van der Waals surface area contributed by atoms with Gasteiger partial charge in [0.05, 0.1) is 0 Å². The molecule has 0 saturated heterocycles. The van der Waals surface area contributed by atoms with E-state index >= 15 is 0 Å². The largest absolute Gasteiger partial charge is 0.389 e. The SMILES string of the molecule is Cc1ccc(NC(N)=NCCCCC(F)(F)F)cc1. The van der Waals surface area contributed by atoms with Gasteiger partial charge >= 0.3 is 6.18 Å². The molecule has 0 aliphatic carbocycles. The Morgan fingerprint density at radius 1 is 1.21 bits per heavy atom. The third-order valence-corrected chi connectivity index (χ3v) is 2.47.